The Morgan fingerprint density at radius 3 is 2.38 bits per heavy atom. The number of piperazine rings is 1. The summed E-state index contributed by atoms with van der Waals surface area (Å²) < 4.78 is 29.5. The lowest BCUT2D eigenvalue weighted by Crippen LogP contribution is -2.50. The molecule has 1 fully saturated rings. The molecule has 6 nitrogen and oxygen atoms in total. The molecule has 1 aromatic rings. The fraction of sp³-hybridized carbons (Fsp3) is 0.462. The highest BCUT2D eigenvalue weighted by Crippen LogP contribution is 2.25. The summed E-state index contributed by atoms with van der Waals surface area (Å²) in [5, 5.41) is 0.491. The van der Waals surface area contributed by atoms with E-state index in [1.165, 1.54) is 17.7 Å². The van der Waals surface area contributed by atoms with E-state index in [9.17, 15) is 13.2 Å². The first-order valence-corrected chi connectivity index (χ1v) is 8.63. The molecule has 2 rings (SSSR count). The molecule has 0 bridgehead atoms. The third kappa shape index (κ3) is 3.66. The van der Waals surface area contributed by atoms with E-state index in [0.29, 0.717) is 42.5 Å². The fourth-order valence-corrected chi connectivity index (χ4v) is 3.22. The molecule has 0 unspecified atom stereocenters. The minimum Gasteiger partial charge on any atom is -0.496 e. The highest BCUT2D eigenvalue weighted by molar-refractivity contribution is 7.88. The molecule has 0 saturated carbocycles. The van der Waals surface area contributed by atoms with Gasteiger partial charge in [0.1, 0.15) is 5.75 Å². The molecule has 0 N–H and O–H groups in total. The predicted molar refractivity (Wildman–Crippen MR) is 80.3 cm³/mol. The number of hydrogen-bond donors (Lipinski definition) is 0. The minimum atomic E-state index is -3.20. The van der Waals surface area contributed by atoms with Crippen molar-refractivity contribution < 1.29 is 17.9 Å². The number of methoxy groups -OCH3 is 1. The molecule has 1 aromatic carbocycles. The number of carbonyl (C=O) groups is 1. The number of carbonyl (C=O) groups excluding carboxylic acids is 1. The van der Waals surface area contributed by atoms with Crippen LogP contribution in [0.25, 0.3) is 0 Å². The van der Waals surface area contributed by atoms with Crippen LogP contribution in [0.4, 0.5) is 0 Å². The summed E-state index contributed by atoms with van der Waals surface area (Å²) >= 11 is 5.88. The molecule has 1 aliphatic rings. The Hall–Kier alpha value is -1.31. The van der Waals surface area contributed by atoms with Crippen molar-refractivity contribution in [3.63, 3.8) is 0 Å². The van der Waals surface area contributed by atoms with Crippen LogP contribution in [0.15, 0.2) is 18.2 Å². The van der Waals surface area contributed by atoms with E-state index in [-0.39, 0.29) is 5.91 Å². The molecule has 1 amide bonds. The summed E-state index contributed by atoms with van der Waals surface area (Å²) in [5.74, 6) is 0.231. The molecule has 8 heteroatoms. The summed E-state index contributed by atoms with van der Waals surface area (Å²) in [6.07, 6.45) is 1.17. The first kappa shape index (κ1) is 16.1. The van der Waals surface area contributed by atoms with Crippen molar-refractivity contribution >= 4 is 27.5 Å². The van der Waals surface area contributed by atoms with Crippen LogP contribution < -0.4 is 4.74 Å². The monoisotopic (exact) mass is 332 g/mol. The fourth-order valence-electron chi connectivity index (χ4n) is 2.23. The van der Waals surface area contributed by atoms with E-state index in [4.69, 9.17) is 16.3 Å². The van der Waals surface area contributed by atoms with Gasteiger partial charge in [-0.2, -0.15) is 4.31 Å². The molecule has 116 valence electrons. The molecular formula is C13H17ClN2O4S. The van der Waals surface area contributed by atoms with E-state index < -0.39 is 10.0 Å². The van der Waals surface area contributed by atoms with Crippen LogP contribution in [0, 0.1) is 0 Å². The first-order valence-electron chi connectivity index (χ1n) is 6.41. The standard InChI is InChI=1S/C13H17ClN2O4S/c1-20-12-9-10(14)3-4-11(12)13(17)15-5-7-16(8-6-15)21(2,18)19/h3-4,9H,5-8H2,1-2H3. The van der Waals surface area contributed by atoms with Gasteiger partial charge in [0.15, 0.2) is 0 Å². The molecule has 21 heavy (non-hydrogen) atoms. The summed E-state index contributed by atoms with van der Waals surface area (Å²) in [4.78, 5) is 14.1. The largest absolute Gasteiger partial charge is 0.496 e. The lowest BCUT2D eigenvalue weighted by Gasteiger charge is -2.33. The van der Waals surface area contributed by atoms with Crippen LogP contribution in [-0.4, -0.2) is 63.1 Å². The zero-order valence-electron chi connectivity index (χ0n) is 11.9. The number of halogens is 1. The van der Waals surface area contributed by atoms with E-state index in [1.807, 2.05) is 0 Å². The van der Waals surface area contributed by atoms with Crippen LogP contribution in [0.2, 0.25) is 5.02 Å². The lowest BCUT2D eigenvalue weighted by atomic mass is 10.1. The maximum absolute atomic E-state index is 12.5. The average Bonchev–Trinajstić information content (AvgIpc) is 2.45. The number of sulfonamides is 1. The van der Waals surface area contributed by atoms with Crippen LogP contribution in [0.1, 0.15) is 10.4 Å². The summed E-state index contributed by atoms with van der Waals surface area (Å²) in [5.41, 5.74) is 0.426. The maximum atomic E-state index is 12.5. The summed E-state index contributed by atoms with van der Waals surface area (Å²) in [6, 6.07) is 4.83. The van der Waals surface area contributed by atoms with Gasteiger partial charge in [-0.15, -0.1) is 0 Å². The molecule has 0 atom stereocenters. The Balaban J connectivity index is 2.12. The molecular weight excluding hydrogens is 316 g/mol. The number of ether oxygens (including phenoxy) is 1. The molecule has 0 radical (unpaired) electrons. The number of nitrogens with zero attached hydrogens (tertiary/aromatic N) is 2. The number of benzene rings is 1. The zero-order chi connectivity index (χ0) is 15.6. The summed E-state index contributed by atoms with van der Waals surface area (Å²) in [6.45, 7) is 1.33. The Morgan fingerprint density at radius 2 is 1.86 bits per heavy atom. The van der Waals surface area contributed by atoms with Gasteiger partial charge in [0.05, 0.1) is 18.9 Å². The van der Waals surface area contributed by atoms with Gasteiger partial charge in [-0.1, -0.05) is 11.6 Å². The second-order valence-electron chi connectivity index (χ2n) is 4.80. The zero-order valence-corrected chi connectivity index (χ0v) is 13.4. The van der Waals surface area contributed by atoms with Crippen molar-refractivity contribution in [2.75, 3.05) is 39.5 Å². The predicted octanol–water partition coefficient (Wildman–Crippen LogP) is 1.07. The second-order valence-corrected chi connectivity index (χ2v) is 7.22. The Morgan fingerprint density at radius 1 is 1.24 bits per heavy atom. The van der Waals surface area contributed by atoms with Crippen LogP contribution in [0.3, 0.4) is 0 Å². The van der Waals surface area contributed by atoms with Gasteiger partial charge < -0.3 is 9.64 Å². The molecule has 1 heterocycles. The van der Waals surface area contributed by atoms with Gasteiger partial charge in [-0.05, 0) is 18.2 Å². The normalized spacial score (nSPS) is 16.8. The van der Waals surface area contributed by atoms with Gasteiger partial charge in [0, 0.05) is 31.2 Å². The van der Waals surface area contributed by atoms with Crippen LogP contribution in [0.5, 0.6) is 5.75 Å². The third-order valence-electron chi connectivity index (χ3n) is 3.39. The van der Waals surface area contributed by atoms with Gasteiger partial charge >= 0.3 is 0 Å². The topological polar surface area (TPSA) is 66.9 Å². The minimum absolute atomic E-state index is 0.184. The second kappa shape index (κ2) is 6.21. The molecule has 0 aromatic heterocycles. The van der Waals surface area contributed by atoms with E-state index in [0.717, 1.165) is 0 Å². The smallest absolute Gasteiger partial charge is 0.257 e. The van der Waals surface area contributed by atoms with E-state index in [2.05, 4.69) is 0 Å². The van der Waals surface area contributed by atoms with Crippen molar-refractivity contribution in [3.05, 3.63) is 28.8 Å². The van der Waals surface area contributed by atoms with Crippen LogP contribution >= 0.6 is 11.6 Å². The van der Waals surface area contributed by atoms with Crippen molar-refractivity contribution in [1.82, 2.24) is 9.21 Å². The number of hydrogen-bond acceptors (Lipinski definition) is 4. The van der Waals surface area contributed by atoms with Crippen molar-refractivity contribution in [2.24, 2.45) is 0 Å². The Labute approximate surface area is 129 Å². The molecule has 1 aliphatic heterocycles. The van der Waals surface area contributed by atoms with E-state index >= 15 is 0 Å². The SMILES string of the molecule is COc1cc(Cl)ccc1C(=O)N1CCN(S(C)(=O)=O)CC1. The third-order valence-corrected chi connectivity index (χ3v) is 4.93. The highest BCUT2D eigenvalue weighted by Gasteiger charge is 2.27. The highest BCUT2D eigenvalue weighted by atomic mass is 35.5. The van der Waals surface area contributed by atoms with Gasteiger partial charge in [0.2, 0.25) is 10.0 Å². The van der Waals surface area contributed by atoms with Gasteiger partial charge in [0.25, 0.3) is 5.91 Å². The van der Waals surface area contributed by atoms with Gasteiger partial charge in [-0.3, -0.25) is 4.79 Å². The van der Waals surface area contributed by atoms with E-state index in [1.54, 1.807) is 23.1 Å². The Kier molecular flexibility index (Phi) is 4.75. The Bertz CT molecular complexity index is 640. The molecule has 1 saturated heterocycles. The summed E-state index contributed by atoms with van der Waals surface area (Å²) in [7, 11) is -1.73. The molecule has 0 aliphatic carbocycles. The molecule has 0 spiro atoms. The van der Waals surface area contributed by atoms with Crippen LogP contribution in [-0.2, 0) is 10.0 Å². The van der Waals surface area contributed by atoms with Crippen molar-refractivity contribution in [3.8, 4) is 5.75 Å². The number of rotatable bonds is 3. The van der Waals surface area contributed by atoms with Gasteiger partial charge in [-0.25, -0.2) is 8.42 Å². The maximum Gasteiger partial charge on any atom is 0.257 e. The lowest BCUT2D eigenvalue weighted by molar-refractivity contribution is 0.0695. The number of amides is 1. The van der Waals surface area contributed by atoms with Crippen molar-refractivity contribution in [1.29, 1.82) is 0 Å². The average molecular weight is 333 g/mol. The quantitative estimate of drug-likeness (QED) is 0.830. The van der Waals surface area contributed by atoms with Crippen molar-refractivity contribution in [2.45, 2.75) is 0 Å². The first-order chi connectivity index (χ1) is 9.82.